The quantitative estimate of drug-likeness (QED) is 0.873. The normalized spacial score (nSPS) is 14.3. The van der Waals surface area contributed by atoms with E-state index < -0.39 is 6.03 Å². The zero-order valence-corrected chi connectivity index (χ0v) is 13.1. The van der Waals surface area contributed by atoms with Gasteiger partial charge < -0.3 is 20.9 Å². The van der Waals surface area contributed by atoms with E-state index in [4.69, 9.17) is 5.73 Å². The molecule has 0 atom stereocenters. The molecule has 1 aromatic carbocycles. The molecule has 8 heteroatoms. The molecule has 1 fully saturated rings. The fraction of sp³-hybridized carbons (Fsp3) is 0.250. The number of hydrogen-bond acceptors (Lipinski definition) is 5. The van der Waals surface area contributed by atoms with Gasteiger partial charge in [-0.25, -0.2) is 14.8 Å². The molecule has 0 aliphatic carbocycles. The third-order valence-electron chi connectivity index (χ3n) is 3.80. The summed E-state index contributed by atoms with van der Waals surface area (Å²) >= 11 is 0. The van der Waals surface area contributed by atoms with Crippen LogP contribution in [0.3, 0.4) is 0 Å². The van der Waals surface area contributed by atoms with E-state index >= 15 is 0 Å². The van der Waals surface area contributed by atoms with Gasteiger partial charge in [-0.1, -0.05) is 0 Å². The topological polar surface area (TPSA) is 104 Å². The first-order valence-electron chi connectivity index (χ1n) is 7.61. The SMILES string of the molecule is NC(=O)Nc1ccc(C(=O)N2CCN(c3ncccn3)CC2)cc1. The maximum Gasteiger partial charge on any atom is 0.316 e. The van der Waals surface area contributed by atoms with Crippen LogP contribution in [0.15, 0.2) is 42.7 Å². The highest BCUT2D eigenvalue weighted by Crippen LogP contribution is 2.14. The second-order valence-corrected chi connectivity index (χ2v) is 5.39. The summed E-state index contributed by atoms with van der Waals surface area (Å²) in [4.78, 5) is 35.7. The van der Waals surface area contributed by atoms with Crippen LogP contribution in [0, 0.1) is 0 Å². The average molecular weight is 326 g/mol. The van der Waals surface area contributed by atoms with Gasteiger partial charge in [-0.05, 0) is 30.3 Å². The number of anilines is 2. The summed E-state index contributed by atoms with van der Waals surface area (Å²) in [5.41, 5.74) is 6.20. The maximum atomic E-state index is 12.5. The second-order valence-electron chi connectivity index (χ2n) is 5.39. The van der Waals surface area contributed by atoms with E-state index in [0.29, 0.717) is 43.4 Å². The third kappa shape index (κ3) is 3.60. The third-order valence-corrected chi connectivity index (χ3v) is 3.80. The molecule has 1 aromatic heterocycles. The van der Waals surface area contributed by atoms with E-state index in [1.54, 1.807) is 47.6 Å². The van der Waals surface area contributed by atoms with Crippen molar-refractivity contribution in [1.29, 1.82) is 0 Å². The van der Waals surface area contributed by atoms with E-state index in [0.717, 1.165) is 0 Å². The number of benzene rings is 1. The predicted octanol–water partition coefficient (Wildman–Crippen LogP) is 0.930. The minimum absolute atomic E-state index is 0.0331. The van der Waals surface area contributed by atoms with E-state index in [9.17, 15) is 9.59 Å². The Bertz CT molecular complexity index is 711. The molecule has 3 amide bonds. The lowest BCUT2D eigenvalue weighted by Gasteiger charge is -2.34. The van der Waals surface area contributed by atoms with Crippen molar-refractivity contribution < 1.29 is 9.59 Å². The molecule has 0 radical (unpaired) electrons. The Morgan fingerprint density at radius 2 is 1.62 bits per heavy atom. The number of carbonyl (C=O) groups is 2. The first-order valence-corrected chi connectivity index (χ1v) is 7.61. The van der Waals surface area contributed by atoms with Gasteiger partial charge >= 0.3 is 6.03 Å². The molecule has 0 saturated carbocycles. The molecule has 1 aliphatic heterocycles. The standard InChI is InChI=1S/C16H18N6O2/c17-15(24)20-13-4-2-12(3-5-13)14(23)21-8-10-22(11-9-21)16-18-6-1-7-19-16/h1-7H,8-11H2,(H3,17,20,24). The number of nitrogens with one attached hydrogen (secondary N) is 1. The number of aromatic nitrogens is 2. The predicted molar refractivity (Wildman–Crippen MR) is 89.8 cm³/mol. The molecule has 8 nitrogen and oxygen atoms in total. The molecule has 3 N–H and O–H groups in total. The average Bonchev–Trinajstić information content (AvgIpc) is 2.62. The van der Waals surface area contributed by atoms with Crippen LogP contribution in [0.5, 0.6) is 0 Å². The monoisotopic (exact) mass is 326 g/mol. The summed E-state index contributed by atoms with van der Waals surface area (Å²) in [7, 11) is 0. The van der Waals surface area contributed by atoms with Crippen molar-refractivity contribution in [2.75, 3.05) is 36.4 Å². The summed E-state index contributed by atoms with van der Waals surface area (Å²) in [6, 6.07) is 7.83. The molecular formula is C16H18N6O2. The zero-order valence-electron chi connectivity index (χ0n) is 13.1. The first kappa shape index (κ1) is 15.7. The Balaban J connectivity index is 1.60. The molecule has 2 heterocycles. The minimum Gasteiger partial charge on any atom is -0.351 e. The molecule has 1 saturated heterocycles. The maximum absolute atomic E-state index is 12.5. The van der Waals surface area contributed by atoms with Crippen LogP contribution in [0.2, 0.25) is 0 Å². The summed E-state index contributed by atoms with van der Waals surface area (Å²) < 4.78 is 0. The number of carbonyl (C=O) groups excluding carboxylic acids is 2. The molecule has 0 unspecified atom stereocenters. The molecule has 124 valence electrons. The van der Waals surface area contributed by atoms with E-state index in [1.165, 1.54) is 0 Å². The summed E-state index contributed by atoms with van der Waals surface area (Å²) in [6.07, 6.45) is 3.42. The van der Waals surface area contributed by atoms with Gasteiger partial charge in [0.1, 0.15) is 0 Å². The Kier molecular flexibility index (Phi) is 4.55. The summed E-state index contributed by atoms with van der Waals surface area (Å²) in [5, 5.41) is 2.47. The number of nitrogens with two attached hydrogens (primary N) is 1. The lowest BCUT2D eigenvalue weighted by Crippen LogP contribution is -2.49. The highest BCUT2D eigenvalue weighted by Gasteiger charge is 2.23. The van der Waals surface area contributed by atoms with Crippen LogP contribution in [-0.4, -0.2) is 53.0 Å². The molecule has 24 heavy (non-hydrogen) atoms. The lowest BCUT2D eigenvalue weighted by atomic mass is 10.1. The van der Waals surface area contributed by atoms with Crippen LogP contribution >= 0.6 is 0 Å². The van der Waals surface area contributed by atoms with Crippen molar-refractivity contribution in [2.24, 2.45) is 5.73 Å². The van der Waals surface area contributed by atoms with E-state index in [2.05, 4.69) is 20.2 Å². The highest BCUT2D eigenvalue weighted by molar-refractivity contribution is 5.95. The zero-order chi connectivity index (χ0) is 16.9. The van der Waals surface area contributed by atoms with Gasteiger partial charge in [0.2, 0.25) is 5.95 Å². The van der Waals surface area contributed by atoms with Crippen LogP contribution in [0.1, 0.15) is 10.4 Å². The first-order chi connectivity index (χ1) is 11.6. The fourth-order valence-electron chi connectivity index (χ4n) is 2.59. The fourth-order valence-corrected chi connectivity index (χ4v) is 2.59. The van der Waals surface area contributed by atoms with Gasteiger partial charge in [0, 0.05) is 49.8 Å². The molecule has 0 spiro atoms. The van der Waals surface area contributed by atoms with Crippen molar-refractivity contribution in [3.8, 4) is 0 Å². The Morgan fingerprint density at radius 1 is 1.00 bits per heavy atom. The number of hydrogen-bond donors (Lipinski definition) is 2. The van der Waals surface area contributed by atoms with Gasteiger partial charge in [-0.15, -0.1) is 0 Å². The van der Waals surface area contributed by atoms with Crippen LogP contribution in [0.4, 0.5) is 16.4 Å². The number of piperazine rings is 1. The second kappa shape index (κ2) is 6.95. The Morgan fingerprint density at radius 3 is 2.21 bits per heavy atom. The van der Waals surface area contributed by atoms with Gasteiger partial charge in [0.15, 0.2) is 0 Å². The molecule has 3 rings (SSSR count). The minimum atomic E-state index is -0.631. The largest absolute Gasteiger partial charge is 0.351 e. The summed E-state index contributed by atoms with van der Waals surface area (Å²) in [5.74, 6) is 0.653. The number of primary amides is 1. The highest BCUT2D eigenvalue weighted by atomic mass is 16.2. The van der Waals surface area contributed by atoms with Gasteiger partial charge in [-0.2, -0.15) is 0 Å². The number of rotatable bonds is 3. The Hall–Kier alpha value is -3.16. The van der Waals surface area contributed by atoms with Crippen LogP contribution in [-0.2, 0) is 0 Å². The van der Waals surface area contributed by atoms with Crippen molar-refractivity contribution in [3.63, 3.8) is 0 Å². The number of amides is 3. The number of urea groups is 1. The van der Waals surface area contributed by atoms with Crippen LogP contribution < -0.4 is 16.0 Å². The molecule has 1 aliphatic rings. The molecule has 2 aromatic rings. The summed E-state index contributed by atoms with van der Waals surface area (Å²) in [6.45, 7) is 2.60. The van der Waals surface area contributed by atoms with Gasteiger partial charge in [0.25, 0.3) is 5.91 Å². The lowest BCUT2D eigenvalue weighted by molar-refractivity contribution is 0.0746. The van der Waals surface area contributed by atoms with Crippen molar-refractivity contribution in [3.05, 3.63) is 48.3 Å². The van der Waals surface area contributed by atoms with Crippen molar-refractivity contribution >= 4 is 23.6 Å². The van der Waals surface area contributed by atoms with Crippen molar-refractivity contribution in [1.82, 2.24) is 14.9 Å². The molecule has 0 bridgehead atoms. The van der Waals surface area contributed by atoms with E-state index in [1.807, 2.05) is 0 Å². The van der Waals surface area contributed by atoms with Gasteiger partial charge in [0.05, 0.1) is 0 Å². The molecular weight excluding hydrogens is 308 g/mol. The van der Waals surface area contributed by atoms with E-state index in [-0.39, 0.29) is 5.91 Å². The van der Waals surface area contributed by atoms with Gasteiger partial charge in [-0.3, -0.25) is 4.79 Å². The van der Waals surface area contributed by atoms with Crippen molar-refractivity contribution in [2.45, 2.75) is 0 Å². The van der Waals surface area contributed by atoms with Crippen LogP contribution in [0.25, 0.3) is 0 Å². The Labute approximate surface area is 139 Å². The smallest absolute Gasteiger partial charge is 0.316 e. The number of nitrogens with zero attached hydrogens (tertiary/aromatic N) is 4.